The van der Waals surface area contributed by atoms with Crippen molar-refractivity contribution in [2.45, 2.75) is 83.0 Å². The first-order valence-electron chi connectivity index (χ1n) is 15.7. The molecule has 3 aliphatic heterocycles. The zero-order valence-corrected chi connectivity index (χ0v) is 24.8. The van der Waals surface area contributed by atoms with Gasteiger partial charge in [0, 0.05) is 30.9 Å². The molecule has 9 heteroatoms. The van der Waals surface area contributed by atoms with Crippen LogP contribution >= 0.6 is 0 Å². The van der Waals surface area contributed by atoms with Crippen molar-refractivity contribution in [2.24, 2.45) is 17.3 Å². The van der Waals surface area contributed by atoms with Crippen molar-refractivity contribution in [2.75, 3.05) is 6.54 Å². The first kappa shape index (κ1) is 30.0. The van der Waals surface area contributed by atoms with Gasteiger partial charge in [-0.1, -0.05) is 67.5 Å². The van der Waals surface area contributed by atoms with Gasteiger partial charge in [-0.15, -0.1) is 0 Å². The number of carboxylic acid groups (broad SMARTS) is 1. The number of hydrogen-bond donors (Lipinski definition) is 1. The maximum atomic E-state index is 14.3. The summed E-state index contributed by atoms with van der Waals surface area (Å²) in [5.41, 5.74) is 1.06. The summed E-state index contributed by atoms with van der Waals surface area (Å²) in [4.78, 5) is 56.7. The second-order valence-corrected chi connectivity index (χ2v) is 12.8. The summed E-state index contributed by atoms with van der Waals surface area (Å²) in [5.74, 6) is -2.40. The third-order valence-corrected chi connectivity index (χ3v) is 9.88. The molecule has 2 fully saturated rings. The predicted molar refractivity (Wildman–Crippen MR) is 160 cm³/mol. The highest BCUT2D eigenvalue weighted by Crippen LogP contribution is 2.57. The van der Waals surface area contributed by atoms with E-state index in [0.717, 1.165) is 36.8 Å². The van der Waals surface area contributed by atoms with E-state index in [4.69, 9.17) is 4.74 Å². The summed E-state index contributed by atoms with van der Waals surface area (Å²) in [6.07, 6.45) is 7.74. The van der Waals surface area contributed by atoms with Crippen LogP contribution in [0.3, 0.4) is 0 Å². The molecule has 2 amide bonds. The number of rotatable bonds is 4. The average Bonchev–Trinajstić information content (AvgIpc) is 3.32. The molecule has 5 atom stereocenters. The molecule has 0 spiro atoms. The molecular formula is C35H39FN2O6. The summed E-state index contributed by atoms with van der Waals surface area (Å²) in [6.45, 7) is 0.372. The van der Waals surface area contributed by atoms with Crippen molar-refractivity contribution in [1.82, 2.24) is 9.80 Å². The SMILES string of the molecule is O=C1C[C@]2(C(=O)O)C[C@@H]2/C=C\CCCCC[C@H](Cc2ccccc2)C(=O)N2C[C@H](OC(=O)N3Cc4cccc(F)c4C3)C[C@@H]12. The standard InChI is InChI=1S/C35H39FN2O6/c36-29-15-9-13-25-20-37(22-28(25)29)34(43)44-27-17-30-31(39)19-35(33(41)42)18-26(35)14-8-3-1-2-7-12-24(32(40)38(30)21-27)16-23-10-5-4-6-11-23/h4-6,8-11,13-15,24,26-27,30H,1-3,7,12,16-22H2,(H,41,42)/b14-8-/t24-,26+,27-,30+,35-/m1/s1. The average molecular weight is 603 g/mol. The first-order chi connectivity index (χ1) is 21.2. The van der Waals surface area contributed by atoms with E-state index < -0.39 is 29.6 Å². The van der Waals surface area contributed by atoms with Gasteiger partial charge in [-0.25, -0.2) is 9.18 Å². The number of benzene rings is 2. The molecule has 0 radical (unpaired) electrons. The fraction of sp³-hybridized carbons (Fsp3) is 0.486. The Morgan fingerprint density at radius 2 is 1.84 bits per heavy atom. The molecule has 2 aromatic carbocycles. The molecule has 1 saturated heterocycles. The number of carboxylic acids is 1. The zero-order chi connectivity index (χ0) is 30.8. The Balaban J connectivity index is 1.23. The van der Waals surface area contributed by atoms with Gasteiger partial charge in [-0.3, -0.25) is 19.3 Å². The third-order valence-electron chi connectivity index (χ3n) is 9.88. The lowest BCUT2D eigenvalue weighted by molar-refractivity contribution is -0.147. The van der Waals surface area contributed by atoms with Crippen LogP contribution in [0.5, 0.6) is 0 Å². The lowest BCUT2D eigenvalue weighted by Crippen LogP contribution is -2.45. The molecule has 8 nitrogen and oxygen atoms in total. The van der Waals surface area contributed by atoms with Crippen LogP contribution in [-0.4, -0.2) is 57.3 Å². The van der Waals surface area contributed by atoms with Crippen LogP contribution in [0.25, 0.3) is 0 Å². The minimum absolute atomic E-state index is 0.0603. The van der Waals surface area contributed by atoms with Crippen molar-refractivity contribution >= 4 is 23.8 Å². The highest BCUT2D eigenvalue weighted by atomic mass is 19.1. The summed E-state index contributed by atoms with van der Waals surface area (Å²) in [7, 11) is 0. The van der Waals surface area contributed by atoms with Crippen molar-refractivity contribution in [3.63, 3.8) is 0 Å². The molecule has 0 bridgehead atoms. The van der Waals surface area contributed by atoms with E-state index in [0.29, 0.717) is 24.8 Å². The van der Waals surface area contributed by atoms with Crippen LogP contribution in [-0.2, 0) is 38.6 Å². The van der Waals surface area contributed by atoms with Crippen LogP contribution in [0.4, 0.5) is 9.18 Å². The van der Waals surface area contributed by atoms with Gasteiger partial charge in [-0.05, 0) is 55.2 Å². The van der Waals surface area contributed by atoms with Gasteiger partial charge < -0.3 is 14.7 Å². The topological polar surface area (TPSA) is 104 Å². The lowest BCUT2D eigenvalue weighted by Gasteiger charge is -2.29. The number of nitrogens with zero attached hydrogens (tertiary/aromatic N) is 2. The molecule has 1 saturated carbocycles. The number of carbonyl (C=O) groups is 4. The van der Waals surface area contributed by atoms with Gasteiger partial charge in [-0.2, -0.15) is 0 Å². The highest BCUT2D eigenvalue weighted by molar-refractivity contribution is 5.95. The Morgan fingerprint density at radius 1 is 1.02 bits per heavy atom. The first-order valence-corrected chi connectivity index (χ1v) is 15.7. The lowest BCUT2D eigenvalue weighted by atomic mass is 9.90. The normalized spacial score (nSPS) is 29.6. The molecule has 0 unspecified atom stereocenters. The van der Waals surface area contributed by atoms with Crippen LogP contribution in [0, 0.1) is 23.1 Å². The largest absolute Gasteiger partial charge is 0.481 e. The number of halogens is 1. The number of carbonyl (C=O) groups excluding carboxylic acids is 3. The number of ketones is 1. The number of hydrogen-bond acceptors (Lipinski definition) is 5. The fourth-order valence-electron chi connectivity index (χ4n) is 7.23. The van der Waals surface area contributed by atoms with Gasteiger partial charge in [0.2, 0.25) is 5.91 Å². The molecule has 0 aromatic heterocycles. The quantitative estimate of drug-likeness (QED) is 0.452. The van der Waals surface area contributed by atoms with E-state index in [1.54, 1.807) is 17.0 Å². The second-order valence-electron chi connectivity index (χ2n) is 12.8. The molecule has 44 heavy (non-hydrogen) atoms. The van der Waals surface area contributed by atoms with E-state index in [-0.39, 0.29) is 61.8 Å². The Morgan fingerprint density at radius 3 is 2.61 bits per heavy atom. The number of ether oxygens (including phenoxy) is 1. The Labute approximate surface area is 256 Å². The number of Topliss-reactive ketones (excluding diaryl/α,β-unsaturated/α-hetero) is 1. The molecular weight excluding hydrogens is 563 g/mol. The highest BCUT2D eigenvalue weighted by Gasteiger charge is 2.61. The molecule has 4 aliphatic rings. The monoisotopic (exact) mass is 602 g/mol. The van der Waals surface area contributed by atoms with E-state index in [1.807, 2.05) is 42.5 Å². The predicted octanol–water partition coefficient (Wildman–Crippen LogP) is 5.68. The van der Waals surface area contributed by atoms with E-state index in [2.05, 4.69) is 0 Å². The van der Waals surface area contributed by atoms with Crippen LogP contribution < -0.4 is 0 Å². The van der Waals surface area contributed by atoms with Crippen LogP contribution in [0.15, 0.2) is 60.7 Å². The van der Waals surface area contributed by atoms with Crippen LogP contribution in [0.1, 0.15) is 68.1 Å². The number of amides is 2. The van der Waals surface area contributed by atoms with Gasteiger partial charge >= 0.3 is 12.1 Å². The smallest absolute Gasteiger partial charge is 0.410 e. The number of fused-ring (bicyclic) bond motifs is 3. The van der Waals surface area contributed by atoms with Crippen molar-refractivity contribution in [3.8, 4) is 0 Å². The number of aliphatic carboxylic acids is 1. The molecule has 3 heterocycles. The fourth-order valence-corrected chi connectivity index (χ4v) is 7.23. The minimum Gasteiger partial charge on any atom is -0.481 e. The minimum atomic E-state index is -1.16. The molecule has 1 aliphatic carbocycles. The molecule has 2 aromatic rings. The number of allylic oxidation sites excluding steroid dienone is 2. The second kappa shape index (κ2) is 12.5. The zero-order valence-electron chi connectivity index (χ0n) is 24.8. The van der Waals surface area contributed by atoms with Crippen molar-refractivity contribution in [1.29, 1.82) is 0 Å². The summed E-state index contributed by atoms with van der Waals surface area (Å²) in [6, 6.07) is 13.7. The van der Waals surface area contributed by atoms with Gasteiger partial charge in [0.25, 0.3) is 0 Å². The van der Waals surface area contributed by atoms with Crippen LogP contribution in [0.2, 0.25) is 0 Å². The van der Waals surface area contributed by atoms with E-state index >= 15 is 0 Å². The summed E-state index contributed by atoms with van der Waals surface area (Å²) >= 11 is 0. The summed E-state index contributed by atoms with van der Waals surface area (Å²) < 4.78 is 20.2. The van der Waals surface area contributed by atoms with E-state index in [9.17, 15) is 28.7 Å². The maximum Gasteiger partial charge on any atom is 0.410 e. The Bertz CT molecular complexity index is 1460. The van der Waals surface area contributed by atoms with Gasteiger partial charge in [0.05, 0.1) is 24.5 Å². The van der Waals surface area contributed by atoms with Gasteiger partial charge in [0.15, 0.2) is 5.78 Å². The summed E-state index contributed by atoms with van der Waals surface area (Å²) in [5, 5.41) is 10.1. The Hall–Kier alpha value is -4.01. The molecule has 6 rings (SSSR count). The maximum absolute atomic E-state index is 14.3. The van der Waals surface area contributed by atoms with Crippen molar-refractivity contribution < 1.29 is 33.4 Å². The van der Waals surface area contributed by atoms with Gasteiger partial charge in [0.1, 0.15) is 11.9 Å². The Kier molecular flexibility index (Phi) is 8.56. The molecule has 232 valence electrons. The molecule has 1 N–H and O–H groups in total. The van der Waals surface area contributed by atoms with Crippen molar-refractivity contribution in [3.05, 3.63) is 83.2 Å². The van der Waals surface area contributed by atoms with E-state index in [1.165, 1.54) is 11.0 Å². The third kappa shape index (κ3) is 6.14.